The van der Waals surface area contributed by atoms with Crippen LogP contribution in [0.25, 0.3) is 11.0 Å². The first kappa shape index (κ1) is 13.2. The molecule has 5 heteroatoms. The summed E-state index contributed by atoms with van der Waals surface area (Å²) < 4.78 is 0. The highest BCUT2D eigenvalue weighted by atomic mass is 16.1. The maximum Gasteiger partial charge on any atom is 0.256 e. The summed E-state index contributed by atoms with van der Waals surface area (Å²) in [5.41, 5.74) is 8.41. The summed E-state index contributed by atoms with van der Waals surface area (Å²) in [7, 11) is 0. The van der Waals surface area contributed by atoms with Crippen LogP contribution >= 0.6 is 0 Å². The van der Waals surface area contributed by atoms with Gasteiger partial charge in [-0.15, -0.1) is 0 Å². The van der Waals surface area contributed by atoms with E-state index in [9.17, 15) is 4.79 Å². The van der Waals surface area contributed by atoms with Crippen LogP contribution in [-0.4, -0.2) is 15.9 Å². The van der Waals surface area contributed by atoms with Crippen molar-refractivity contribution in [2.45, 2.75) is 6.54 Å². The van der Waals surface area contributed by atoms with E-state index in [1.54, 1.807) is 24.5 Å². The maximum atomic E-state index is 12.4. The third-order valence-electron chi connectivity index (χ3n) is 3.21. The minimum absolute atomic E-state index is 0.184. The summed E-state index contributed by atoms with van der Waals surface area (Å²) in [5.74, 6) is -0.184. The van der Waals surface area contributed by atoms with Crippen LogP contribution in [0.2, 0.25) is 0 Å². The van der Waals surface area contributed by atoms with Crippen molar-refractivity contribution in [1.82, 2.24) is 9.97 Å². The van der Waals surface area contributed by atoms with Crippen molar-refractivity contribution in [3.8, 4) is 0 Å². The van der Waals surface area contributed by atoms with Gasteiger partial charge < -0.3 is 11.1 Å². The average molecular weight is 278 g/mol. The molecule has 21 heavy (non-hydrogen) atoms. The van der Waals surface area contributed by atoms with Crippen LogP contribution < -0.4 is 11.1 Å². The highest BCUT2D eigenvalue weighted by molar-refractivity contribution is 6.11. The fraction of sp³-hybridized carbons (Fsp3) is 0.0625. The fourth-order valence-electron chi connectivity index (χ4n) is 2.10. The molecule has 0 atom stereocenters. The molecule has 0 aliphatic rings. The Morgan fingerprint density at radius 3 is 2.57 bits per heavy atom. The molecule has 1 aromatic carbocycles. The van der Waals surface area contributed by atoms with Crippen molar-refractivity contribution in [2.75, 3.05) is 5.32 Å². The summed E-state index contributed by atoms with van der Waals surface area (Å²) >= 11 is 0. The topological polar surface area (TPSA) is 80.9 Å². The molecule has 0 saturated carbocycles. The molecule has 0 fully saturated rings. The van der Waals surface area contributed by atoms with Gasteiger partial charge in [-0.2, -0.15) is 0 Å². The summed E-state index contributed by atoms with van der Waals surface area (Å²) in [5, 5.41) is 3.60. The number of nitrogens with zero attached hydrogens (tertiary/aromatic N) is 2. The van der Waals surface area contributed by atoms with E-state index in [1.165, 1.54) is 0 Å². The molecule has 0 aliphatic heterocycles. The minimum atomic E-state index is -0.184. The van der Waals surface area contributed by atoms with Crippen LogP contribution in [0.3, 0.4) is 0 Å². The third kappa shape index (κ3) is 2.73. The Morgan fingerprint density at radius 2 is 1.81 bits per heavy atom. The molecule has 2 aromatic heterocycles. The molecule has 3 rings (SSSR count). The van der Waals surface area contributed by atoms with Crippen LogP contribution in [0, 0.1) is 0 Å². The number of amides is 1. The molecule has 5 nitrogen and oxygen atoms in total. The van der Waals surface area contributed by atoms with Gasteiger partial charge in [0.15, 0.2) is 5.65 Å². The Bertz CT molecular complexity index is 778. The number of carbonyl (C=O) groups is 1. The van der Waals surface area contributed by atoms with E-state index >= 15 is 0 Å². The average Bonchev–Trinajstić information content (AvgIpc) is 2.55. The van der Waals surface area contributed by atoms with Gasteiger partial charge in [-0.05, 0) is 35.9 Å². The predicted octanol–water partition coefficient (Wildman–Crippen LogP) is 2.34. The Kier molecular flexibility index (Phi) is 3.57. The Balaban J connectivity index is 1.90. The first-order valence-electron chi connectivity index (χ1n) is 6.58. The van der Waals surface area contributed by atoms with Crippen molar-refractivity contribution in [1.29, 1.82) is 0 Å². The molecule has 0 aliphatic carbocycles. The highest BCUT2D eigenvalue weighted by Crippen LogP contribution is 2.16. The number of fused-ring (bicyclic) bond motifs is 1. The number of anilines is 1. The number of aromatic nitrogens is 2. The largest absolute Gasteiger partial charge is 0.326 e. The number of rotatable bonds is 3. The number of nitrogens with two attached hydrogens (primary N) is 1. The van der Waals surface area contributed by atoms with Gasteiger partial charge in [-0.3, -0.25) is 4.79 Å². The molecule has 0 bridgehead atoms. The van der Waals surface area contributed by atoms with E-state index < -0.39 is 0 Å². The number of nitrogens with one attached hydrogen (secondary N) is 1. The lowest BCUT2D eigenvalue weighted by Gasteiger charge is -2.08. The molecular weight excluding hydrogens is 264 g/mol. The molecule has 3 aromatic rings. The fourth-order valence-corrected chi connectivity index (χ4v) is 2.10. The van der Waals surface area contributed by atoms with Gasteiger partial charge in [0.05, 0.1) is 5.56 Å². The molecule has 3 N–H and O–H groups in total. The number of hydrogen-bond donors (Lipinski definition) is 2. The zero-order valence-corrected chi connectivity index (χ0v) is 11.3. The summed E-state index contributed by atoms with van der Waals surface area (Å²) in [4.78, 5) is 20.7. The molecule has 0 saturated heterocycles. The van der Waals surface area contributed by atoms with Crippen molar-refractivity contribution in [2.24, 2.45) is 5.73 Å². The van der Waals surface area contributed by atoms with Crippen molar-refractivity contribution >= 4 is 22.6 Å². The number of benzene rings is 1. The maximum absolute atomic E-state index is 12.4. The quantitative estimate of drug-likeness (QED) is 0.770. The molecular formula is C16H14N4O. The second-order valence-electron chi connectivity index (χ2n) is 4.59. The van der Waals surface area contributed by atoms with Gasteiger partial charge in [0.2, 0.25) is 0 Å². The van der Waals surface area contributed by atoms with Crippen LogP contribution in [0.5, 0.6) is 0 Å². The standard InChI is InChI=1S/C16H14N4O/c17-10-11-3-5-12(6-4-11)20-16(21)14-7-9-19-15-13(14)2-1-8-18-15/h1-9H,10,17H2,(H,20,21). The van der Waals surface area contributed by atoms with Crippen LogP contribution in [-0.2, 0) is 6.54 Å². The Labute approximate surface area is 121 Å². The van der Waals surface area contributed by atoms with Crippen LogP contribution in [0.1, 0.15) is 15.9 Å². The number of pyridine rings is 2. The van der Waals surface area contributed by atoms with E-state index in [1.807, 2.05) is 30.3 Å². The first-order chi connectivity index (χ1) is 10.3. The minimum Gasteiger partial charge on any atom is -0.326 e. The van der Waals surface area contributed by atoms with Crippen LogP contribution in [0.15, 0.2) is 54.9 Å². The highest BCUT2D eigenvalue weighted by Gasteiger charge is 2.11. The number of hydrogen-bond acceptors (Lipinski definition) is 4. The van der Waals surface area contributed by atoms with Crippen molar-refractivity contribution in [3.05, 3.63) is 66.0 Å². The molecule has 0 unspecified atom stereocenters. The summed E-state index contributed by atoms with van der Waals surface area (Å²) in [6.45, 7) is 0.481. The molecule has 0 spiro atoms. The Morgan fingerprint density at radius 1 is 1.05 bits per heavy atom. The van der Waals surface area contributed by atoms with Crippen molar-refractivity contribution < 1.29 is 4.79 Å². The second kappa shape index (κ2) is 5.68. The first-order valence-corrected chi connectivity index (χ1v) is 6.58. The lowest BCUT2D eigenvalue weighted by atomic mass is 10.1. The smallest absolute Gasteiger partial charge is 0.256 e. The molecule has 104 valence electrons. The van der Waals surface area contributed by atoms with Gasteiger partial charge in [-0.1, -0.05) is 12.1 Å². The number of carbonyl (C=O) groups excluding carboxylic acids is 1. The van der Waals surface area contributed by atoms with Crippen LogP contribution in [0.4, 0.5) is 5.69 Å². The third-order valence-corrected chi connectivity index (χ3v) is 3.21. The molecule has 2 heterocycles. The SMILES string of the molecule is NCc1ccc(NC(=O)c2ccnc3ncccc23)cc1. The predicted molar refractivity (Wildman–Crippen MR) is 81.8 cm³/mol. The normalized spacial score (nSPS) is 10.5. The zero-order chi connectivity index (χ0) is 14.7. The molecule has 1 amide bonds. The summed E-state index contributed by atoms with van der Waals surface area (Å²) in [6.07, 6.45) is 3.24. The second-order valence-corrected chi connectivity index (χ2v) is 4.59. The van der Waals surface area contributed by atoms with Gasteiger partial charge in [0, 0.05) is 30.0 Å². The Hall–Kier alpha value is -2.79. The summed E-state index contributed by atoms with van der Waals surface area (Å²) in [6, 6.07) is 12.8. The van der Waals surface area contributed by atoms with Gasteiger partial charge in [-0.25, -0.2) is 9.97 Å². The zero-order valence-electron chi connectivity index (χ0n) is 11.3. The monoisotopic (exact) mass is 278 g/mol. The van der Waals surface area contributed by atoms with E-state index in [-0.39, 0.29) is 5.91 Å². The van der Waals surface area contributed by atoms with E-state index in [0.717, 1.165) is 16.6 Å². The van der Waals surface area contributed by atoms with Gasteiger partial charge >= 0.3 is 0 Å². The van der Waals surface area contributed by atoms with E-state index in [0.29, 0.717) is 17.8 Å². The lowest BCUT2D eigenvalue weighted by Crippen LogP contribution is -2.12. The van der Waals surface area contributed by atoms with E-state index in [2.05, 4.69) is 15.3 Å². The van der Waals surface area contributed by atoms with E-state index in [4.69, 9.17) is 5.73 Å². The van der Waals surface area contributed by atoms with Gasteiger partial charge in [0.1, 0.15) is 0 Å². The molecule has 0 radical (unpaired) electrons. The van der Waals surface area contributed by atoms with Crippen molar-refractivity contribution in [3.63, 3.8) is 0 Å². The lowest BCUT2D eigenvalue weighted by molar-refractivity contribution is 0.102. The van der Waals surface area contributed by atoms with Gasteiger partial charge in [0.25, 0.3) is 5.91 Å².